The van der Waals surface area contributed by atoms with Gasteiger partial charge in [0.1, 0.15) is 22.9 Å². The van der Waals surface area contributed by atoms with Gasteiger partial charge in [0.2, 0.25) is 29.4 Å². The number of carbonyl (C=O) groups excluding carboxylic acids is 8. The highest BCUT2D eigenvalue weighted by Gasteiger charge is 2.21. The van der Waals surface area contributed by atoms with Crippen molar-refractivity contribution in [2.75, 3.05) is 68.1 Å². The number of nitrogens with zero attached hydrogens (tertiary/aromatic N) is 8. The molecule has 0 aromatic carbocycles. The average Bonchev–Trinajstić information content (AvgIpc) is 4.04. The zero-order valence-corrected chi connectivity index (χ0v) is 37.5. The maximum Gasteiger partial charge on any atom is 0.292 e. The van der Waals surface area contributed by atoms with Gasteiger partial charge in [0.05, 0.1) is 5.69 Å². The van der Waals surface area contributed by atoms with Crippen LogP contribution >= 0.6 is 0 Å². The number of hydrogen-bond acceptors (Lipinski definition) is 12. The molecule has 8 amide bonds. The van der Waals surface area contributed by atoms with Crippen LogP contribution in [0.4, 0.5) is 23.1 Å². The van der Waals surface area contributed by atoms with E-state index in [1.165, 1.54) is 55.1 Å². The van der Waals surface area contributed by atoms with Crippen molar-refractivity contribution in [2.45, 2.75) is 25.7 Å². The monoisotopic (exact) mass is 910 g/mol. The molecule has 0 saturated carbocycles. The van der Waals surface area contributed by atoms with Gasteiger partial charge in [0.15, 0.2) is 11.6 Å². The van der Waals surface area contributed by atoms with E-state index in [9.17, 15) is 38.4 Å². The largest absolute Gasteiger partial charge is 0.356 e. The summed E-state index contributed by atoms with van der Waals surface area (Å²) in [7, 11) is 10.3. The van der Waals surface area contributed by atoms with Crippen molar-refractivity contribution < 1.29 is 38.4 Å². The lowest BCUT2D eigenvalue weighted by atomic mass is 10.3. The molecule has 0 spiro atoms. The van der Waals surface area contributed by atoms with Crippen LogP contribution in [0.15, 0.2) is 61.2 Å². The van der Waals surface area contributed by atoms with Gasteiger partial charge in [-0.1, -0.05) is 6.07 Å². The van der Waals surface area contributed by atoms with E-state index in [0.717, 1.165) is 13.0 Å². The van der Waals surface area contributed by atoms with Gasteiger partial charge in [0.25, 0.3) is 29.5 Å². The summed E-state index contributed by atoms with van der Waals surface area (Å²) in [5.41, 5.74) is 0.997. The van der Waals surface area contributed by atoms with Crippen LogP contribution in [0, 0.1) is 0 Å². The lowest BCUT2D eigenvalue weighted by Crippen LogP contribution is -2.32. The lowest BCUT2D eigenvalue weighted by Gasteiger charge is -2.10. The van der Waals surface area contributed by atoms with Gasteiger partial charge in [0, 0.05) is 98.4 Å². The van der Waals surface area contributed by atoms with Crippen LogP contribution < -0.4 is 42.5 Å². The van der Waals surface area contributed by atoms with Crippen LogP contribution in [0.2, 0.25) is 0 Å². The molecule has 0 radical (unpaired) electrons. The highest BCUT2D eigenvalue weighted by molar-refractivity contribution is 6.04. The molecule has 0 fully saturated rings. The molecule has 0 aliphatic carbocycles. The molecule has 5 rings (SSSR count). The highest BCUT2D eigenvalue weighted by Crippen LogP contribution is 2.17. The quantitative estimate of drug-likeness (QED) is 0.0439. The number of carbonyl (C=O) groups is 8. The number of aryl methyl sites for hydroxylation is 3. The Bertz CT molecular complexity index is 2570. The van der Waals surface area contributed by atoms with Crippen molar-refractivity contribution >= 4 is 70.4 Å². The van der Waals surface area contributed by atoms with Gasteiger partial charge in [-0.25, -0.2) is 9.97 Å². The molecule has 5 aromatic rings. The van der Waals surface area contributed by atoms with Crippen molar-refractivity contribution in [3.63, 3.8) is 0 Å². The molecule has 0 unspecified atom stereocenters. The first kappa shape index (κ1) is 48.9. The molecule has 24 nitrogen and oxygen atoms in total. The molecule has 5 aromatic heterocycles. The first-order valence-electron chi connectivity index (χ1n) is 20.8. The number of imidazole rings is 2. The van der Waals surface area contributed by atoms with Crippen molar-refractivity contribution in [1.29, 1.82) is 0 Å². The molecular weight excluding hydrogens is 857 g/mol. The van der Waals surface area contributed by atoms with Crippen LogP contribution in [-0.2, 0) is 42.6 Å². The molecule has 24 heteroatoms. The van der Waals surface area contributed by atoms with Crippen LogP contribution in [0.3, 0.4) is 0 Å². The van der Waals surface area contributed by atoms with Gasteiger partial charge in [-0.15, -0.1) is 0 Å². The summed E-state index contributed by atoms with van der Waals surface area (Å²) in [6.07, 6.45) is 6.70. The molecule has 0 aliphatic heterocycles. The smallest absolute Gasteiger partial charge is 0.292 e. The van der Waals surface area contributed by atoms with Gasteiger partial charge in [-0.3, -0.25) is 43.3 Å². The Morgan fingerprint density at radius 1 is 0.561 bits per heavy atom. The summed E-state index contributed by atoms with van der Waals surface area (Å²) in [5, 5.41) is 21.4. The third-order valence-corrected chi connectivity index (χ3v) is 9.70. The predicted octanol–water partition coefficient (Wildman–Crippen LogP) is 0.435. The van der Waals surface area contributed by atoms with E-state index in [0.29, 0.717) is 12.2 Å². The fourth-order valence-corrected chi connectivity index (χ4v) is 6.32. The van der Waals surface area contributed by atoms with Crippen molar-refractivity contribution in [3.8, 4) is 0 Å². The molecule has 350 valence electrons. The fraction of sp³-hybridized carbons (Fsp3) is 0.357. The van der Waals surface area contributed by atoms with E-state index >= 15 is 0 Å². The number of hydrogen-bond donors (Lipinski definition) is 8. The molecule has 0 atom stereocenters. The zero-order chi connectivity index (χ0) is 47.9. The van der Waals surface area contributed by atoms with Crippen molar-refractivity contribution in [1.82, 2.24) is 59.4 Å². The Hall–Kier alpha value is -8.15. The van der Waals surface area contributed by atoms with E-state index in [2.05, 4.69) is 57.5 Å². The number of pyridine rings is 1. The van der Waals surface area contributed by atoms with Gasteiger partial charge < -0.3 is 65.7 Å². The van der Waals surface area contributed by atoms with E-state index in [-0.39, 0.29) is 91.0 Å². The third-order valence-electron chi connectivity index (χ3n) is 9.70. The van der Waals surface area contributed by atoms with Gasteiger partial charge in [-0.2, -0.15) is 0 Å². The van der Waals surface area contributed by atoms with E-state index in [1.54, 1.807) is 52.6 Å². The topological polar surface area (TPSA) is 294 Å². The second-order valence-electron chi connectivity index (χ2n) is 15.3. The van der Waals surface area contributed by atoms with Crippen molar-refractivity contribution in [3.05, 3.63) is 89.9 Å². The standard InChI is InChI=1S/C42H54N16O8/c1-54(2)21-9-17-44-33(59)13-18-47-40(64)29-22-26(23-55(29)3)48-41(65)36-51-30(24-56(36)4)49-35(61)15-20-46-39(63)28-11-12-32(58(28)6)53-42(66)37-52-31(25-57(37)5)50-34(60)14-19-45-38(62)27-10-7-8-16-43-27/h7-8,10-12,16,22-25H,9,13-15,17-21H2,1-6H3,(H,44,59)(H,45,62)(H,46,63)(H,47,64)(H,48,65)(H,49,61)(H,50,60)(H,53,66). The number of amides is 8. The Balaban J connectivity index is 1.02. The molecular formula is C42H54N16O8. The van der Waals surface area contributed by atoms with E-state index in [4.69, 9.17) is 0 Å². The molecule has 0 saturated heterocycles. The summed E-state index contributed by atoms with van der Waals surface area (Å²) in [6.45, 7) is 1.54. The van der Waals surface area contributed by atoms with Crippen molar-refractivity contribution in [2.24, 2.45) is 28.2 Å². The van der Waals surface area contributed by atoms with Crippen LogP contribution in [-0.4, -0.2) is 132 Å². The highest BCUT2D eigenvalue weighted by atomic mass is 16.2. The maximum atomic E-state index is 13.1. The number of anilines is 4. The summed E-state index contributed by atoms with van der Waals surface area (Å²) < 4.78 is 5.82. The van der Waals surface area contributed by atoms with Gasteiger partial charge in [-0.05, 0) is 57.4 Å². The predicted molar refractivity (Wildman–Crippen MR) is 242 cm³/mol. The second kappa shape index (κ2) is 23.0. The molecule has 8 N–H and O–H groups in total. The minimum Gasteiger partial charge on any atom is -0.356 e. The third kappa shape index (κ3) is 13.9. The number of aromatic nitrogens is 7. The minimum absolute atomic E-state index is 0.0248. The summed E-state index contributed by atoms with van der Waals surface area (Å²) in [6, 6.07) is 9.41. The number of rotatable bonds is 22. The van der Waals surface area contributed by atoms with Gasteiger partial charge >= 0.3 is 0 Å². The zero-order valence-electron chi connectivity index (χ0n) is 37.5. The SMILES string of the molecule is CN(C)CCCNC(=O)CCNC(=O)c1cc(NC(=O)c2nc(NC(=O)CCNC(=O)c3ccc(NC(=O)c4nc(NC(=O)CCNC(=O)c5ccccn5)cn4C)n3C)cn2C)cn1C. The maximum absolute atomic E-state index is 13.1. The van der Waals surface area contributed by atoms with Crippen LogP contribution in [0.5, 0.6) is 0 Å². The summed E-state index contributed by atoms with van der Waals surface area (Å²) >= 11 is 0. The fourth-order valence-electron chi connectivity index (χ4n) is 6.32. The molecule has 5 heterocycles. The Morgan fingerprint density at radius 2 is 1.12 bits per heavy atom. The molecule has 66 heavy (non-hydrogen) atoms. The Kier molecular flexibility index (Phi) is 17.0. The normalized spacial score (nSPS) is 10.8. The second-order valence-corrected chi connectivity index (χ2v) is 15.3. The number of nitrogens with one attached hydrogen (secondary N) is 8. The average molecular weight is 911 g/mol. The van der Waals surface area contributed by atoms with Crippen LogP contribution in [0.1, 0.15) is 78.4 Å². The summed E-state index contributed by atoms with van der Waals surface area (Å²) in [4.78, 5) is 116. The Morgan fingerprint density at radius 3 is 1.70 bits per heavy atom. The minimum atomic E-state index is -0.615. The lowest BCUT2D eigenvalue weighted by molar-refractivity contribution is -0.121. The van der Waals surface area contributed by atoms with E-state index < -0.39 is 41.4 Å². The Labute approximate surface area is 379 Å². The van der Waals surface area contributed by atoms with E-state index in [1.807, 2.05) is 19.0 Å². The first-order chi connectivity index (χ1) is 31.5. The molecule has 0 aliphatic rings. The first-order valence-corrected chi connectivity index (χ1v) is 20.8. The van der Waals surface area contributed by atoms with Crippen LogP contribution in [0.25, 0.3) is 0 Å². The molecule has 0 bridgehead atoms. The summed E-state index contributed by atoms with van der Waals surface area (Å²) in [5.74, 6) is -3.22.